The van der Waals surface area contributed by atoms with Gasteiger partial charge in [-0.25, -0.2) is 8.42 Å². The number of sulfonamides is 1. The second-order valence-corrected chi connectivity index (χ2v) is 5.82. The Morgan fingerprint density at radius 1 is 1.39 bits per heavy atom. The number of hydrogen-bond acceptors (Lipinski definition) is 3. The first-order valence-electron chi connectivity index (χ1n) is 5.69. The van der Waals surface area contributed by atoms with Crippen LogP contribution in [0.3, 0.4) is 0 Å². The van der Waals surface area contributed by atoms with Gasteiger partial charge in [0.2, 0.25) is 10.0 Å². The minimum Gasteiger partial charge on any atom is -0.395 e. The van der Waals surface area contributed by atoms with Gasteiger partial charge in [0.05, 0.1) is 18.0 Å². The van der Waals surface area contributed by atoms with Gasteiger partial charge in [0, 0.05) is 12.0 Å². The lowest BCUT2D eigenvalue weighted by Gasteiger charge is -2.09. The van der Waals surface area contributed by atoms with Crippen molar-refractivity contribution in [3.8, 4) is 11.8 Å². The summed E-state index contributed by atoms with van der Waals surface area (Å²) in [5.74, 6) is 5.77. The largest absolute Gasteiger partial charge is 0.395 e. The predicted octanol–water partition coefficient (Wildman–Crippen LogP) is 1.49. The van der Waals surface area contributed by atoms with E-state index in [1.165, 1.54) is 0 Å². The SMILES string of the molecule is CCS(=O)(=O)Nc1ccc(C#CCCO)cc1C. The van der Waals surface area contributed by atoms with Crippen molar-refractivity contribution in [3.63, 3.8) is 0 Å². The first kappa shape index (κ1) is 14.6. The van der Waals surface area contributed by atoms with Crippen molar-refractivity contribution in [1.82, 2.24) is 0 Å². The number of aryl methyl sites for hydroxylation is 1. The molecule has 1 aromatic carbocycles. The van der Waals surface area contributed by atoms with E-state index in [2.05, 4.69) is 16.6 Å². The highest BCUT2D eigenvalue weighted by atomic mass is 32.2. The van der Waals surface area contributed by atoms with Crippen LogP contribution in [0.2, 0.25) is 0 Å². The lowest BCUT2D eigenvalue weighted by atomic mass is 10.1. The molecule has 0 atom stereocenters. The number of hydrogen-bond donors (Lipinski definition) is 2. The van der Waals surface area contributed by atoms with Gasteiger partial charge in [-0.15, -0.1) is 0 Å². The van der Waals surface area contributed by atoms with Crippen molar-refractivity contribution < 1.29 is 13.5 Å². The van der Waals surface area contributed by atoms with Crippen LogP contribution >= 0.6 is 0 Å². The topological polar surface area (TPSA) is 66.4 Å². The molecular formula is C13H17NO3S. The van der Waals surface area contributed by atoms with Crippen molar-refractivity contribution in [2.75, 3.05) is 17.1 Å². The summed E-state index contributed by atoms with van der Waals surface area (Å²) in [4.78, 5) is 0. The van der Waals surface area contributed by atoms with E-state index >= 15 is 0 Å². The van der Waals surface area contributed by atoms with Crippen LogP contribution in [0.25, 0.3) is 0 Å². The quantitative estimate of drug-likeness (QED) is 0.812. The molecule has 1 aromatic rings. The van der Waals surface area contributed by atoms with Crippen molar-refractivity contribution in [2.24, 2.45) is 0 Å². The molecule has 0 aliphatic heterocycles. The Morgan fingerprint density at radius 2 is 2.11 bits per heavy atom. The molecule has 1 rings (SSSR count). The monoisotopic (exact) mass is 267 g/mol. The van der Waals surface area contributed by atoms with Gasteiger partial charge in [-0.3, -0.25) is 4.72 Å². The number of benzene rings is 1. The standard InChI is InChI=1S/C13H17NO3S/c1-3-18(16,17)14-13-8-7-12(10-11(13)2)6-4-5-9-15/h7-8,10,14-15H,3,5,9H2,1-2H3. The van der Waals surface area contributed by atoms with Gasteiger partial charge < -0.3 is 5.11 Å². The molecule has 0 amide bonds. The first-order chi connectivity index (χ1) is 8.48. The maximum Gasteiger partial charge on any atom is 0.232 e. The Kier molecular flexibility index (Phi) is 5.20. The molecule has 0 saturated heterocycles. The molecule has 0 aromatic heterocycles. The number of rotatable bonds is 4. The van der Waals surface area contributed by atoms with Crippen molar-refractivity contribution in [2.45, 2.75) is 20.3 Å². The molecule has 0 aliphatic carbocycles. The number of aliphatic hydroxyl groups excluding tert-OH is 1. The fraction of sp³-hybridized carbons (Fsp3) is 0.385. The zero-order valence-corrected chi connectivity index (χ0v) is 11.3. The Bertz CT molecular complexity index is 568. The molecule has 0 heterocycles. The zero-order valence-electron chi connectivity index (χ0n) is 10.5. The second kappa shape index (κ2) is 6.43. The summed E-state index contributed by atoms with van der Waals surface area (Å²) in [6.07, 6.45) is 0.434. The van der Waals surface area contributed by atoms with Crippen molar-refractivity contribution >= 4 is 15.7 Å². The maximum atomic E-state index is 11.4. The van der Waals surface area contributed by atoms with Crippen LogP contribution in [0.15, 0.2) is 18.2 Å². The van der Waals surface area contributed by atoms with E-state index < -0.39 is 10.0 Å². The Labute approximate surface area is 108 Å². The highest BCUT2D eigenvalue weighted by Crippen LogP contribution is 2.17. The molecule has 0 fully saturated rings. The smallest absolute Gasteiger partial charge is 0.232 e. The average Bonchev–Trinajstić information content (AvgIpc) is 2.33. The lowest BCUT2D eigenvalue weighted by Crippen LogP contribution is -2.15. The van der Waals surface area contributed by atoms with Crippen LogP contribution in [-0.4, -0.2) is 25.9 Å². The van der Waals surface area contributed by atoms with Crippen LogP contribution in [0.1, 0.15) is 24.5 Å². The number of nitrogens with one attached hydrogen (secondary N) is 1. The fourth-order valence-corrected chi connectivity index (χ4v) is 2.02. The third-order valence-electron chi connectivity index (χ3n) is 2.34. The van der Waals surface area contributed by atoms with Crippen LogP contribution in [0, 0.1) is 18.8 Å². The normalized spacial score (nSPS) is 10.6. The van der Waals surface area contributed by atoms with Crippen molar-refractivity contribution in [1.29, 1.82) is 0 Å². The average molecular weight is 267 g/mol. The molecule has 0 radical (unpaired) electrons. The highest BCUT2D eigenvalue weighted by molar-refractivity contribution is 7.92. The molecule has 18 heavy (non-hydrogen) atoms. The summed E-state index contributed by atoms with van der Waals surface area (Å²) in [7, 11) is -3.25. The van der Waals surface area contributed by atoms with E-state index in [1.807, 2.05) is 13.0 Å². The van der Waals surface area contributed by atoms with E-state index in [0.29, 0.717) is 12.1 Å². The molecule has 98 valence electrons. The van der Waals surface area contributed by atoms with Gasteiger partial charge in [0.25, 0.3) is 0 Å². The Balaban J connectivity index is 2.91. The van der Waals surface area contributed by atoms with Crippen LogP contribution in [0.4, 0.5) is 5.69 Å². The highest BCUT2D eigenvalue weighted by Gasteiger charge is 2.08. The first-order valence-corrected chi connectivity index (χ1v) is 7.34. The van der Waals surface area contributed by atoms with E-state index in [0.717, 1.165) is 11.1 Å². The summed E-state index contributed by atoms with van der Waals surface area (Å²) in [6, 6.07) is 5.27. The Morgan fingerprint density at radius 3 is 2.67 bits per heavy atom. The maximum absolute atomic E-state index is 11.4. The molecular weight excluding hydrogens is 250 g/mol. The molecule has 4 nitrogen and oxygen atoms in total. The third-order valence-corrected chi connectivity index (χ3v) is 3.63. The Hall–Kier alpha value is -1.51. The molecule has 0 bridgehead atoms. The summed E-state index contributed by atoms with van der Waals surface area (Å²) in [5.41, 5.74) is 2.20. The molecule has 2 N–H and O–H groups in total. The number of aliphatic hydroxyl groups is 1. The van der Waals surface area contributed by atoms with Gasteiger partial charge in [-0.2, -0.15) is 0 Å². The molecule has 5 heteroatoms. The van der Waals surface area contributed by atoms with Gasteiger partial charge in [0.15, 0.2) is 0 Å². The van der Waals surface area contributed by atoms with E-state index in [9.17, 15) is 8.42 Å². The summed E-state index contributed by atoms with van der Waals surface area (Å²) in [6.45, 7) is 3.46. The van der Waals surface area contributed by atoms with Gasteiger partial charge in [-0.05, 0) is 37.6 Å². The summed E-state index contributed by atoms with van der Waals surface area (Å²) < 4.78 is 25.4. The summed E-state index contributed by atoms with van der Waals surface area (Å²) >= 11 is 0. The molecule has 0 unspecified atom stereocenters. The molecule has 0 saturated carbocycles. The van der Waals surface area contributed by atoms with Crippen LogP contribution < -0.4 is 4.72 Å². The third kappa shape index (κ3) is 4.40. The van der Waals surface area contributed by atoms with Crippen molar-refractivity contribution in [3.05, 3.63) is 29.3 Å². The lowest BCUT2D eigenvalue weighted by molar-refractivity contribution is 0.305. The minimum absolute atomic E-state index is 0.0420. The van der Waals surface area contributed by atoms with E-state index in [1.54, 1.807) is 19.1 Å². The van der Waals surface area contributed by atoms with E-state index in [-0.39, 0.29) is 12.4 Å². The van der Waals surface area contributed by atoms with E-state index in [4.69, 9.17) is 5.11 Å². The van der Waals surface area contributed by atoms with Gasteiger partial charge in [-0.1, -0.05) is 11.8 Å². The number of anilines is 1. The van der Waals surface area contributed by atoms with Gasteiger partial charge >= 0.3 is 0 Å². The zero-order chi connectivity index (χ0) is 13.6. The van der Waals surface area contributed by atoms with Crippen LogP contribution in [-0.2, 0) is 10.0 Å². The summed E-state index contributed by atoms with van der Waals surface area (Å²) in [5, 5.41) is 8.62. The molecule has 0 aliphatic rings. The minimum atomic E-state index is -3.25. The molecule has 0 spiro atoms. The van der Waals surface area contributed by atoms with Crippen LogP contribution in [0.5, 0.6) is 0 Å². The second-order valence-electron chi connectivity index (χ2n) is 3.81. The predicted molar refractivity (Wildman–Crippen MR) is 72.8 cm³/mol. The fourth-order valence-electron chi connectivity index (χ4n) is 1.32. The van der Waals surface area contributed by atoms with Gasteiger partial charge in [0.1, 0.15) is 0 Å².